The fourth-order valence-corrected chi connectivity index (χ4v) is 0.948. The monoisotopic (exact) mass is 215 g/mol. The van der Waals surface area contributed by atoms with Crippen molar-refractivity contribution in [3.05, 3.63) is 12.7 Å². The maximum Gasteiger partial charge on any atom is 0.323 e. The summed E-state index contributed by atoms with van der Waals surface area (Å²) in [4.78, 5) is 23.0. The largest absolute Gasteiger partial charge is 0.480 e. The van der Waals surface area contributed by atoms with Crippen molar-refractivity contribution >= 4 is 12.0 Å². The molecule has 0 radical (unpaired) electrons. The highest BCUT2D eigenvalue weighted by molar-refractivity contribution is 5.80. The van der Waals surface area contributed by atoms with E-state index < -0.39 is 12.0 Å². The average molecular weight is 215 g/mol. The van der Waals surface area contributed by atoms with Crippen LogP contribution in [0.1, 0.15) is 6.42 Å². The summed E-state index contributed by atoms with van der Waals surface area (Å²) in [6.07, 6.45) is 2.15. The zero-order chi connectivity index (χ0) is 11.7. The smallest absolute Gasteiger partial charge is 0.323 e. The number of amides is 2. The highest BCUT2D eigenvalue weighted by Crippen LogP contribution is 1.90. The SMILES string of the molecule is C=CCN(CC(=O)O)C(=O)NCCCN. The van der Waals surface area contributed by atoms with Crippen molar-refractivity contribution in [1.82, 2.24) is 10.2 Å². The molecular formula is C9H17N3O3. The summed E-state index contributed by atoms with van der Waals surface area (Å²) in [6.45, 7) is 4.26. The number of hydrogen-bond donors (Lipinski definition) is 3. The van der Waals surface area contributed by atoms with Gasteiger partial charge in [0.1, 0.15) is 6.54 Å². The lowest BCUT2D eigenvalue weighted by Crippen LogP contribution is -2.43. The van der Waals surface area contributed by atoms with E-state index in [1.165, 1.54) is 6.08 Å². The van der Waals surface area contributed by atoms with E-state index in [1.807, 2.05) is 0 Å². The number of carbonyl (C=O) groups is 2. The van der Waals surface area contributed by atoms with E-state index in [-0.39, 0.29) is 13.1 Å². The number of nitrogens with zero attached hydrogens (tertiary/aromatic N) is 1. The predicted octanol–water partition coefficient (Wildman–Crippen LogP) is -0.383. The minimum absolute atomic E-state index is 0.209. The van der Waals surface area contributed by atoms with E-state index >= 15 is 0 Å². The first kappa shape index (κ1) is 13.4. The summed E-state index contributed by atoms with van der Waals surface area (Å²) in [7, 11) is 0. The summed E-state index contributed by atoms with van der Waals surface area (Å²) in [6, 6.07) is -0.411. The standard InChI is InChI=1S/C9H17N3O3/c1-2-6-12(7-8(13)14)9(15)11-5-3-4-10/h2H,1,3-7,10H2,(H,11,15)(H,13,14). The van der Waals surface area contributed by atoms with Crippen molar-refractivity contribution in [3.8, 4) is 0 Å². The second-order valence-electron chi connectivity index (χ2n) is 2.94. The third kappa shape index (κ3) is 6.50. The molecule has 0 rings (SSSR count). The van der Waals surface area contributed by atoms with E-state index in [1.54, 1.807) is 0 Å². The Labute approximate surface area is 88.7 Å². The van der Waals surface area contributed by atoms with Crippen LogP contribution < -0.4 is 11.1 Å². The van der Waals surface area contributed by atoms with Crippen LogP contribution in [-0.4, -0.2) is 48.2 Å². The summed E-state index contributed by atoms with van der Waals surface area (Å²) in [5.74, 6) is -1.05. The highest BCUT2D eigenvalue weighted by Gasteiger charge is 2.14. The lowest BCUT2D eigenvalue weighted by Gasteiger charge is -2.19. The van der Waals surface area contributed by atoms with Gasteiger partial charge >= 0.3 is 12.0 Å². The Bertz CT molecular complexity index is 231. The maximum absolute atomic E-state index is 11.4. The molecule has 4 N–H and O–H groups in total. The molecule has 0 heterocycles. The van der Waals surface area contributed by atoms with Gasteiger partial charge in [-0.2, -0.15) is 0 Å². The Morgan fingerprint density at radius 3 is 2.67 bits per heavy atom. The third-order valence-electron chi connectivity index (χ3n) is 1.62. The number of nitrogens with one attached hydrogen (secondary N) is 1. The Balaban J connectivity index is 4.03. The maximum atomic E-state index is 11.4. The van der Waals surface area contributed by atoms with Crippen LogP contribution in [0.3, 0.4) is 0 Å². The molecule has 86 valence electrons. The summed E-state index contributed by atoms with van der Waals surface area (Å²) in [5.41, 5.74) is 5.26. The topological polar surface area (TPSA) is 95.7 Å². The van der Waals surface area contributed by atoms with Gasteiger partial charge < -0.3 is 21.1 Å². The van der Waals surface area contributed by atoms with Crippen molar-refractivity contribution in [2.75, 3.05) is 26.2 Å². The van der Waals surface area contributed by atoms with Crippen LogP contribution in [0.15, 0.2) is 12.7 Å². The van der Waals surface area contributed by atoms with Gasteiger partial charge in [-0.05, 0) is 13.0 Å². The van der Waals surface area contributed by atoms with Crippen LogP contribution in [0.25, 0.3) is 0 Å². The molecule has 0 aliphatic heterocycles. The second kappa shape index (κ2) is 7.81. The van der Waals surface area contributed by atoms with Crippen LogP contribution in [0.2, 0.25) is 0 Å². The number of hydrogen-bond acceptors (Lipinski definition) is 3. The van der Waals surface area contributed by atoms with Crippen molar-refractivity contribution < 1.29 is 14.7 Å². The van der Waals surface area contributed by atoms with Crippen LogP contribution >= 0.6 is 0 Å². The molecule has 0 unspecified atom stereocenters. The molecule has 0 aliphatic carbocycles. The molecule has 0 saturated carbocycles. The van der Waals surface area contributed by atoms with Gasteiger partial charge in [0, 0.05) is 13.1 Å². The number of urea groups is 1. The van der Waals surface area contributed by atoms with Gasteiger partial charge in [0.25, 0.3) is 0 Å². The van der Waals surface area contributed by atoms with Crippen LogP contribution in [-0.2, 0) is 4.79 Å². The number of nitrogens with two attached hydrogens (primary N) is 1. The molecule has 0 saturated heterocycles. The van der Waals surface area contributed by atoms with Gasteiger partial charge in [0.15, 0.2) is 0 Å². The van der Waals surface area contributed by atoms with Gasteiger partial charge in [-0.3, -0.25) is 4.79 Å². The average Bonchev–Trinajstić information content (AvgIpc) is 2.17. The fraction of sp³-hybridized carbons (Fsp3) is 0.556. The number of aliphatic carboxylic acids is 1. The van der Waals surface area contributed by atoms with Gasteiger partial charge in [0.2, 0.25) is 0 Å². The molecule has 2 amide bonds. The lowest BCUT2D eigenvalue weighted by atomic mass is 10.4. The van der Waals surface area contributed by atoms with E-state index in [0.717, 1.165) is 4.90 Å². The molecular weight excluding hydrogens is 198 g/mol. The van der Waals surface area contributed by atoms with Crippen molar-refractivity contribution in [2.45, 2.75) is 6.42 Å². The molecule has 0 aromatic heterocycles. The molecule has 0 fully saturated rings. The first-order valence-electron chi connectivity index (χ1n) is 4.67. The number of carboxylic acid groups (broad SMARTS) is 1. The van der Waals surface area contributed by atoms with Crippen molar-refractivity contribution in [1.29, 1.82) is 0 Å². The predicted molar refractivity (Wildman–Crippen MR) is 56.5 cm³/mol. The highest BCUT2D eigenvalue weighted by atomic mass is 16.4. The van der Waals surface area contributed by atoms with E-state index in [0.29, 0.717) is 19.5 Å². The summed E-state index contributed by atoms with van der Waals surface area (Å²) >= 11 is 0. The zero-order valence-corrected chi connectivity index (χ0v) is 8.61. The first-order chi connectivity index (χ1) is 7.11. The van der Waals surface area contributed by atoms with Crippen LogP contribution in [0.5, 0.6) is 0 Å². The van der Waals surface area contributed by atoms with Gasteiger partial charge in [0.05, 0.1) is 0 Å². The molecule has 0 bridgehead atoms. The summed E-state index contributed by atoms with van der Waals surface area (Å²) in [5, 5.41) is 11.1. The zero-order valence-electron chi connectivity index (χ0n) is 8.61. The Hall–Kier alpha value is -1.56. The lowest BCUT2D eigenvalue weighted by molar-refractivity contribution is -0.137. The van der Waals surface area contributed by atoms with E-state index in [9.17, 15) is 9.59 Å². The van der Waals surface area contributed by atoms with Crippen molar-refractivity contribution in [2.24, 2.45) is 5.73 Å². The minimum atomic E-state index is -1.05. The quantitative estimate of drug-likeness (QED) is 0.398. The minimum Gasteiger partial charge on any atom is -0.480 e. The fourth-order valence-electron chi connectivity index (χ4n) is 0.948. The molecule has 0 spiro atoms. The van der Waals surface area contributed by atoms with E-state index in [2.05, 4.69) is 11.9 Å². The van der Waals surface area contributed by atoms with Crippen LogP contribution in [0.4, 0.5) is 4.79 Å². The third-order valence-corrected chi connectivity index (χ3v) is 1.62. The number of carbonyl (C=O) groups excluding carboxylic acids is 1. The van der Waals surface area contributed by atoms with Crippen molar-refractivity contribution in [3.63, 3.8) is 0 Å². The van der Waals surface area contributed by atoms with Gasteiger partial charge in [-0.25, -0.2) is 4.79 Å². The van der Waals surface area contributed by atoms with Crippen LogP contribution in [0, 0.1) is 0 Å². The Kier molecular flexibility index (Phi) is 7.00. The molecule has 0 aromatic rings. The van der Waals surface area contributed by atoms with Gasteiger partial charge in [-0.15, -0.1) is 6.58 Å². The molecule has 6 heteroatoms. The molecule has 15 heavy (non-hydrogen) atoms. The van der Waals surface area contributed by atoms with E-state index in [4.69, 9.17) is 10.8 Å². The summed E-state index contributed by atoms with van der Waals surface area (Å²) < 4.78 is 0. The Morgan fingerprint density at radius 1 is 1.53 bits per heavy atom. The Morgan fingerprint density at radius 2 is 2.20 bits per heavy atom. The van der Waals surface area contributed by atoms with Gasteiger partial charge in [-0.1, -0.05) is 6.08 Å². The normalized spacial score (nSPS) is 9.40. The number of rotatable bonds is 7. The molecule has 0 aromatic carbocycles. The molecule has 0 atom stereocenters. The number of carboxylic acids is 1. The molecule has 6 nitrogen and oxygen atoms in total. The second-order valence-corrected chi connectivity index (χ2v) is 2.94. The molecule has 0 aliphatic rings. The first-order valence-corrected chi connectivity index (χ1v) is 4.67.